The first kappa shape index (κ1) is 24.1. The monoisotopic (exact) mass is 595 g/mol. The van der Waals surface area contributed by atoms with E-state index in [4.69, 9.17) is 0 Å². The molecule has 0 aliphatic heterocycles. The summed E-state index contributed by atoms with van der Waals surface area (Å²) in [6.07, 6.45) is 4.76. The van der Waals surface area contributed by atoms with Crippen molar-refractivity contribution in [1.82, 2.24) is 4.98 Å². The van der Waals surface area contributed by atoms with E-state index in [2.05, 4.69) is 56.1 Å². The number of aliphatic hydroxyl groups is 2. The molecule has 2 aliphatic carbocycles. The third kappa shape index (κ3) is 5.09. The van der Waals surface area contributed by atoms with Crippen LogP contribution in [0.15, 0.2) is 54.7 Å². The van der Waals surface area contributed by atoms with Crippen LogP contribution in [-0.2, 0) is 20.1 Å². The predicted molar refractivity (Wildman–Crippen MR) is 122 cm³/mol. The van der Waals surface area contributed by atoms with Gasteiger partial charge in [0.2, 0.25) is 0 Å². The Morgan fingerprint density at radius 2 is 1.74 bits per heavy atom. The van der Waals surface area contributed by atoms with E-state index in [1.54, 1.807) is 0 Å². The Morgan fingerprint density at radius 3 is 2.48 bits per heavy atom. The zero-order chi connectivity index (χ0) is 21.3. The van der Waals surface area contributed by atoms with Crippen molar-refractivity contribution >= 4 is 10.8 Å². The predicted octanol–water partition coefficient (Wildman–Crippen LogP) is 5.42. The summed E-state index contributed by atoms with van der Waals surface area (Å²) in [5, 5.41) is 22.3. The van der Waals surface area contributed by atoms with Crippen LogP contribution in [0.25, 0.3) is 22.0 Å². The molecule has 2 saturated carbocycles. The number of pyridine rings is 1. The largest absolute Gasteiger partial charge is 0.392 e. The van der Waals surface area contributed by atoms with Crippen molar-refractivity contribution in [2.75, 3.05) is 0 Å². The summed E-state index contributed by atoms with van der Waals surface area (Å²) in [7, 11) is 0. The molecule has 0 amide bonds. The van der Waals surface area contributed by atoms with Gasteiger partial charge in [0.1, 0.15) is 0 Å². The standard InChI is InChI=1S/C16H12N.C11H20O2.Ir/c1-12-7-8-15-14(11-12)9-10-17-16(15)13-5-3-2-4-6-13;1-6-3-4-8-5-7(2)11(13)9(8)10(6)12;/h2-5,7-11H,1H3;6-13H,3-5H2,1-2H3;/q-1;;/t;6-,7-,8?,9?,10?,11?;/m.0./s1. The quantitative estimate of drug-likeness (QED) is 0.370. The van der Waals surface area contributed by atoms with Crippen LogP contribution < -0.4 is 0 Å². The molecule has 1 radical (unpaired) electrons. The second kappa shape index (κ2) is 10.4. The molecular weight excluding hydrogens is 563 g/mol. The minimum atomic E-state index is -0.265. The maximum absolute atomic E-state index is 9.98. The van der Waals surface area contributed by atoms with E-state index in [1.165, 1.54) is 22.8 Å². The summed E-state index contributed by atoms with van der Waals surface area (Å²) in [6, 6.07) is 19.7. The molecule has 4 heteroatoms. The van der Waals surface area contributed by atoms with Gasteiger partial charge in [-0.15, -0.1) is 35.9 Å². The molecule has 3 aromatic rings. The maximum Gasteiger partial charge on any atom is 0.0621 e. The zero-order valence-corrected chi connectivity index (χ0v) is 20.9. The van der Waals surface area contributed by atoms with E-state index >= 15 is 0 Å². The molecule has 2 fully saturated rings. The number of rotatable bonds is 1. The number of aryl methyl sites for hydroxylation is 1. The summed E-state index contributed by atoms with van der Waals surface area (Å²) < 4.78 is 0. The molecule has 167 valence electrons. The van der Waals surface area contributed by atoms with Gasteiger partial charge >= 0.3 is 0 Å². The fraction of sp³-hybridized carbons (Fsp3) is 0.444. The smallest absolute Gasteiger partial charge is 0.0621 e. The van der Waals surface area contributed by atoms with Crippen LogP contribution in [0.2, 0.25) is 0 Å². The first-order valence-electron chi connectivity index (χ1n) is 11.1. The Hall–Kier alpha value is -1.58. The number of fused-ring (bicyclic) bond motifs is 2. The summed E-state index contributed by atoms with van der Waals surface area (Å²) in [5.41, 5.74) is 3.32. The fourth-order valence-electron chi connectivity index (χ4n) is 5.30. The van der Waals surface area contributed by atoms with Crippen molar-refractivity contribution in [2.24, 2.45) is 23.7 Å². The van der Waals surface area contributed by atoms with Gasteiger partial charge in [0, 0.05) is 32.2 Å². The molecule has 2 N–H and O–H groups in total. The van der Waals surface area contributed by atoms with Crippen molar-refractivity contribution in [1.29, 1.82) is 0 Å². The average molecular weight is 595 g/mol. The molecule has 5 rings (SSSR count). The summed E-state index contributed by atoms with van der Waals surface area (Å²) in [4.78, 5) is 4.48. The molecule has 6 atom stereocenters. The Morgan fingerprint density at radius 1 is 0.968 bits per heavy atom. The van der Waals surface area contributed by atoms with Crippen molar-refractivity contribution < 1.29 is 30.3 Å². The van der Waals surface area contributed by atoms with Crippen molar-refractivity contribution in [3.05, 3.63) is 66.4 Å². The van der Waals surface area contributed by atoms with Crippen molar-refractivity contribution in [3.8, 4) is 11.3 Å². The van der Waals surface area contributed by atoms with Gasteiger partial charge in [-0.3, -0.25) is 0 Å². The normalized spacial score (nSPS) is 29.5. The number of benzene rings is 2. The SMILES string of the molecule is C[C@H]1CCC2C[C@H](C)C(O)C2C1O.Cc1ccc2c(-c3[c-]cccc3)nccc2c1.[Ir]. The fourth-order valence-corrected chi connectivity index (χ4v) is 5.30. The maximum atomic E-state index is 9.98. The number of hydrogen-bond acceptors (Lipinski definition) is 3. The van der Waals surface area contributed by atoms with Gasteiger partial charge in [-0.25, -0.2) is 0 Å². The molecule has 3 nitrogen and oxygen atoms in total. The molecule has 0 bridgehead atoms. The van der Waals surface area contributed by atoms with Crippen LogP contribution >= 0.6 is 0 Å². The van der Waals surface area contributed by atoms with Crippen LogP contribution in [0.3, 0.4) is 0 Å². The van der Waals surface area contributed by atoms with E-state index in [1.807, 2.05) is 30.5 Å². The molecule has 0 spiro atoms. The second-order valence-corrected chi connectivity index (χ2v) is 9.25. The number of nitrogens with zero attached hydrogens (tertiary/aromatic N) is 1. The summed E-state index contributed by atoms with van der Waals surface area (Å²) in [5.74, 6) is 1.51. The van der Waals surface area contributed by atoms with Gasteiger partial charge in [0.15, 0.2) is 0 Å². The van der Waals surface area contributed by atoms with Gasteiger partial charge in [-0.05, 0) is 66.5 Å². The molecule has 1 aromatic heterocycles. The number of hydrogen-bond donors (Lipinski definition) is 2. The molecule has 2 aromatic carbocycles. The third-order valence-electron chi connectivity index (χ3n) is 7.05. The topological polar surface area (TPSA) is 53.4 Å². The molecule has 1 heterocycles. The van der Waals surface area contributed by atoms with Crippen molar-refractivity contribution in [2.45, 2.75) is 52.2 Å². The zero-order valence-electron chi connectivity index (χ0n) is 18.5. The summed E-state index contributed by atoms with van der Waals surface area (Å²) >= 11 is 0. The van der Waals surface area contributed by atoms with Gasteiger partial charge in [0.05, 0.1) is 12.2 Å². The van der Waals surface area contributed by atoms with Gasteiger partial charge in [-0.1, -0.05) is 37.6 Å². The van der Waals surface area contributed by atoms with Gasteiger partial charge in [0.25, 0.3) is 0 Å². The first-order chi connectivity index (χ1) is 14.5. The second-order valence-electron chi connectivity index (χ2n) is 9.25. The van der Waals surface area contributed by atoms with E-state index in [0.29, 0.717) is 17.8 Å². The molecule has 0 saturated heterocycles. The van der Waals surface area contributed by atoms with E-state index in [9.17, 15) is 10.2 Å². The van der Waals surface area contributed by atoms with Crippen LogP contribution in [0, 0.1) is 36.7 Å². The van der Waals surface area contributed by atoms with E-state index in [-0.39, 0.29) is 38.2 Å². The minimum Gasteiger partial charge on any atom is -0.392 e. The Kier molecular flexibility index (Phi) is 8.04. The van der Waals surface area contributed by atoms with Crippen molar-refractivity contribution in [3.63, 3.8) is 0 Å². The molecule has 4 unspecified atom stereocenters. The Balaban J connectivity index is 0.000000176. The van der Waals surface area contributed by atoms with E-state index < -0.39 is 0 Å². The third-order valence-corrected chi connectivity index (χ3v) is 7.05. The van der Waals surface area contributed by atoms with Crippen LogP contribution in [0.1, 0.15) is 38.7 Å². The molecule has 2 aliphatic rings. The number of aliphatic hydroxyl groups excluding tert-OH is 2. The van der Waals surface area contributed by atoms with Gasteiger partial charge < -0.3 is 15.2 Å². The number of aromatic nitrogens is 1. The summed E-state index contributed by atoms with van der Waals surface area (Å²) in [6.45, 7) is 6.30. The minimum absolute atomic E-state index is 0. The van der Waals surface area contributed by atoms with Crippen LogP contribution in [0.4, 0.5) is 0 Å². The van der Waals surface area contributed by atoms with Gasteiger partial charge in [-0.2, -0.15) is 0 Å². The average Bonchev–Trinajstić information content (AvgIpc) is 3.05. The van der Waals surface area contributed by atoms with Crippen LogP contribution in [0.5, 0.6) is 0 Å². The van der Waals surface area contributed by atoms with Crippen LogP contribution in [-0.4, -0.2) is 27.4 Å². The molecule has 31 heavy (non-hydrogen) atoms. The molecular formula is C27H32IrNO2-. The Labute approximate surface area is 199 Å². The first-order valence-corrected chi connectivity index (χ1v) is 11.1. The Bertz CT molecular complexity index is 991. The van der Waals surface area contributed by atoms with E-state index in [0.717, 1.165) is 24.1 Å².